The maximum atomic E-state index is 12.6. The number of ether oxygens (including phenoxy) is 2. The Morgan fingerprint density at radius 2 is 2.11 bits per heavy atom. The molecule has 7 nitrogen and oxygen atoms in total. The van der Waals surface area contributed by atoms with Gasteiger partial charge in [0, 0.05) is 18.1 Å². The number of primary amides is 1. The van der Waals surface area contributed by atoms with Crippen molar-refractivity contribution in [2.45, 2.75) is 51.5 Å². The summed E-state index contributed by atoms with van der Waals surface area (Å²) in [4.78, 5) is 28.7. The molecule has 1 aliphatic heterocycles. The highest BCUT2D eigenvalue weighted by Gasteiger charge is 2.27. The molecule has 2 heterocycles. The average molecular weight is 375 g/mol. The van der Waals surface area contributed by atoms with E-state index in [9.17, 15) is 9.59 Å². The summed E-state index contributed by atoms with van der Waals surface area (Å²) in [5.74, 6) is 0.611. The lowest BCUT2D eigenvalue weighted by molar-refractivity contribution is -0.120. The summed E-state index contributed by atoms with van der Waals surface area (Å²) in [5.41, 5.74) is 6.64. The maximum Gasteiger partial charge on any atom is 0.270 e. The van der Waals surface area contributed by atoms with Crippen LogP contribution >= 0.6 is 0 Å². The monoisotopic (exact) mass is 375 g/mol. The average Bonchev–Trinajstić information content (AvgIpc) is 3.30. The van der Waals surface area contributed by atoms with E-state index in [0.717, 1.165) is 18.6 Å². The molecule has 0 bridgehead atoms. The van der Waals surface area contributed by atoms with Gasteiger partial charge in [0.1, 0.15) is 11.7 Å². The lowest BCUT2D eigenvalue weighted by atomic mass is 9.99. The number of pyridine rings is 1. The fraction of sp³-hybridized carbons (Fsp3) is 0.650. The van der Waals surface area contributed by atoms with Crippen LogP contribution in [0.1, 0.15) is 61.5 Å². The highest BCUT2D eigenvalue weighted by Crippen LogP contribution is 2.34. The van der Waals surface area contributed by atoms with Crippen molar-refractivity contribution in [1.29, 1.82) is 0 Å². The first kappa shape index (κ1) is 19.6. The van der Waals surface area contributed by atoms with Crippen LogP contribution in [0.15, 0.2) is 12.1 Å². The second kappa shape index (κ2) is 8.69. The number of amides is 2. The number of rotatable bonds is 9. The molecule has 27 heavy (non-hydrogen) atoms. The summed E-state index contributed by atoms with van der Waals surface area (Å²) in [5, 5.41) is 2.70. The molecule has 1 aromatic rings. The lowest BCUT2D eigenvalue weighted by Crippen LogP contribution is -2.45. The van der Waals surface area contributed by atoms with Gasteiger partial charge in [-0.05, 0) is 43.6 Å². The molecular formula is C20H29N3O4. The Morgan fingerprint density at radius 1 is 1.33 bits per heavy atom. The molecule has 2 aliphatic rings. The maximum absolute atomic E-state index is 12.6. The summed E-state index contributed by atoms with van der Waals surface area (Å²) in [6, 6.07) is 2.86. The quantitative estimate of drug-likeness (QED) is 0.687. The second-order valence-electron chi connectivity index (χ2n) is 7.96. The normalized spacial score (nSPS) is 20.5. The molecule has 3 N–H and O–H groups in total. The van der Waals surface area contributed by atoms with Crippen LogP contribution in [0.2, 0.25) is 0 Å². The Bertz CT molecular complexity index is 682. The highest BCUT2D eigenvalue weighted by molar-refractivity contribution is 5.96. The molecule has 1 saturated carbocycles. The standard InChI is InChI=1S/C20H29N3O4/c1-12(2)9-17(18(21)24)22-19(25)16-6-5-15(14-7-8-26-11-14)20(23-16)27-10-13-3-4-13/h5-6,12-14,17H,3-4,7-11H2,1-2H3,(H2,21,24)(H,22,25). The van der Waals surface area contributed by atoms with Crippen molar-refractivity contribution in [1.82, 2.24) is 10.3 Å². The summed E-state index contributed by atoms with van der Waals surface area (Å²) in [6.45, 7) is 5.94. The Morgan fingerprint density at radius 3 is 2.70 bits per heavy atom. The van der Waals surface area contributed by atoms with Crippen LogP contribution in [0.4, 0.5) is 0 Å². The van der Waals surface area contributed by atoms with Crippen molar-refractivity contribution in [3.05, 3.63) is 23.4 Å². The highest BCUT2D eigenvalue weighted by atomic mass is 16.5. The molecule has 2 unspecified atom stereocenters. The first-order chi connectivity index (χ1) is 12.9. The molecule has 2 fully saturated rings. The van der Waals surface area contributed by atoms with Crippen LogP contribution < -0.4 is 15.8 Å². The number of nitrogens with zero attached hydrogens (tertiary/aromatic N) is 1. The van der Waals surface area contributed by atoms with Gasteiger partial charge in [-0.25, -0.2) is 4.98 Å². The molecule has 148 valence electrons. The van der Waals surface area contributed by atoms with E-state index < -0.39 is 17.9 Å². The first-order valence-electron chi connectivity index (χ1n) is 9.75. The van der Waals surface area contributed by atoms with Gasteiger partial charge in [-0.2, -0.15) is 0 Å². The Labute approximate surface area is 160 Å². The molecule has 2 atom stereocenters. The van der Waals surface area contributed by atoms with E-state index in [1.807, 2.05) is 19.9 Å². The zero-order valence-corrected chi connectivity index (χ0v) is 16.1. The largest absolute Gasteiger partial charge is 0.477 e. The number of hydrogen-bond donors (Lipinski definition) is 2. The van der Waals surface area contributed by atoms with E-state index in [2.05, 4.69) is 10.3 Å². The molecule has 1 saturated heterocycles. The SMILES string of the molecule is CC(C)CC(NC(=O)c1ccc(C2CCOC2)c(OCC2CC2)n1)C(N)=O. The number of hydrogen-bond acceptors (Lipinski definition) is 5. The third-order valence-electron chi connectivity index (χ3n) is 5.00. The van der Waals surface area contributed by atoms with Crippen molar-refractivity contribution in [2.75, 3.05) is 19.8 Å². The van der Waals surface area contributed by atoms with Crippen LogP contribution in [-0.4, -0.2) is 42.7 Å². The third-order valence-corrected chi connectivity index (χ3v) is 5.00. The van der Waals surface area contributed by atoms with Crippen LogP contribution in [0.5, 0.6) is 5.88 Å². The number of nitrogens with one attached hydrogen (secondary N) is 1. The van der Waals surface area contributed by atoms with Gasteiger partial charge < -0.3 is 20.5 Å². The van der Waals surface area contributed by atoms with Crippen LogP contribution in [0.3, 0.4) is 0 Å². The first-order valence-corrected chi connectivity index (χ1v) is 9.75. The van der Waals surface area contributed by atoms with Crippen LogP contribution in [0, 0.1) is 11.8 Å². The number of carbonyl (C=O) groups excluding carboxylic acids is 2. The van der Waals surface area contributed by atoms with Gasteiger partial charge in [-0.1, -0.05) is 19.9 Å². The van der Waals surface area contributed by atoms with Crippen molar-refractivity contribution >= 4 is 11.8 Å². The van der Waals surface area contributed by atoms with Crippen molar-refractivity contribution in [3.63, 3.8) is 0 Å². The Hall–Kier alpha value is -2.15. The minimum absolute atomic E-state index is 0.234. The van der Waals surface area contributed by atoms with Crippen LogP contribution in [-0.2, 0) is 9.53 Å². The van der Waals surface area contributed by atoms with Gasteiger partial charge >= 0.3 is 0 Å². The topological polar surface area (TPSA) is 104 Å². The molecule has 0 spiro atoms. The van der Waals surface area contributed by atoms with Crippen molar-refractivity contribution < 1.29 is 19.1 Å². The van der Waals surface area contributed by atoms with Gasteiger partial charge in [-0.15, -0.1) is 0 Å². The van der Waals surface area contributed by atoms with E-state index in [4.69, 9.17) is 15.2 Å². The van der Waals surface area contributed by atoms with Crippen molar-refractivity contribution in [2.24, 2.45) is 17.6 Å². The lowest BCUT2D eigenvalue weighted by Gasteiger charge is -2.18. The fourth-order valence-corrected chi connectivity index (χ4v) is 3.21. The summed E-state index contributed by atoms with van der Waals surface area (Å²) >= 11 is 0. The van der Waals surface area contributed by atoms with E-state index in [1.165, 1.54) is 12.8 Å². The van der Waals surface area contributed by atoms with E-state index >= 15 is 0 Å². The number of carbonyl (C=O) groups is 2. The third kappa shape index (κ3) is 5.42. The minimum Gasteiger partial charge on any atom is -0.477 e. The minimum atomic E-state index is -0.710. The predicted molar refractivity (Wildman–Crippen MR) is 101 cm³/mol. The molecular weight excluding hydrogens is 346 g/mol. The van der Waals surface area contributed by atoms with Gasteiger partial charge in [-0.3, -0.25) is 9.59 Å². The molecule has 0 radical (unpaired) electrons. The summed E-state index contributed by atoms with van der Waals surface area (Å²) in [7, 11) is 0. The summed E-state index contributed by atoms with van der Waals surface area (Å²) < 4.78 is 11.4. The van der Waals surface area contributed by atoms with Gasteiger partial charge in [0.2, 0.25) is 11.8 Å². The van der Waals surface area contributed by atoms with Crippen molar-refractivity contribution in [3.8, 4) is 5.88 Å². The van der Waals surface area contributed by atoms with E-state index in [0.29, 0.717) is 31.4 Å². The molecule has 0 aromatic carbocycles. The molecule has 1 aliphatic carbocycles. The molecule has 7 heteroatoms. The predicted octanol–water partition coefficient (Wildman–Crippen LogP) is 2.00. The van der Waals surface area contributed by atoms with E-state index in [-0.39, 0.29) is 17.5 Å². The molecule has 3 rings (SSSR count). The molecule has 2 amide bonds. The summed E-state index contributed by atoms with van der Waals surface area (Å²) in [6.07, 6.45) is 3.77. The zero-order chi connectivity index (χ0) is 19.4. The number of nitrogens with two attached hydrogens (primary N) is 1. The van der Waals surface area contributed by atoms with Crippen LogP contribution in [0.25, 0.3) is 0 Å². The Balaban J connectivity index is 1.76. The Kier molecular flexibility index (Phi) is 6.31. The van der Waals surface area contributed by atoms with Gasteiger partial charge in [0.25, 0.3) is 5.91 Å². The zero-order valence-electron chi connectivity index (χ0n) is 16.1. The van der Waals surface area contributed by atoms with Gasteiger partial charge in [0.05, 0.1) is 13.2 Å². The van der Waals surface area contributed by atoms with Gasteiger partial charge in [0.15, 0.2) is 0 Å². The molecule has 1 aromatic heterocycles. The smallest absolute Gasteiger partial charge is 0.270 e. The fourth-order valence-electron chi connectivity index (χ4n) is 3.21. The number of aromatic nitrogens is 1. The second-order valence-corrected chi connectivity index (χ2v) is 7.96. The van der Waals surface area contributed by atoms with E-state index in [1.54, 1.807) is 6.07 Å².